The zero-order valence-electron chi connectivity index (χ0n) is 13.5. The van der Waals surface area contributed by atoms with Gasteiger partial charge in [0.15, 0.2) is 0 Å². The fourth-order valence-electron chi connectivity index (χ4n) is 2.29. The number of aliphatic hydroxyl groups excluding tert-OH is 1. The second-order valence-corrected chi connectivity index (χ2v) is 8.03. The van der Waals surface area contributed by atoms with Gasteiger partial charge in [-0.2, -0.15) is 4.31 Å². The van der Waals surface area contributed by atoms with E-state index in [0.29, 0.717) is 11.1 Å². The van der Waals surface area contributed by atoms with Crippen LogP contribution in [0.3, 0.4) is 0 Å². The summed E-state index contributed by atoms with van der Waals surface area (Å²) >= 11 is 0. The standard InChI is InChI=1S/C16H25NO3S/c1-7-8-17(16(4,5)6)21(19,20)15-10-14(11-18)12(2)9-13(15)3/h7,9-10,18H,1,8,11H2,2-6H3. The molecular formula is C16H25NO3S. The fraction of sp³-hybridized carbons (Fsp3) is 0.500. The second-order valence-electron chi connectivity index (χ2n) is 6.20. The van der Waals surface area contributed by atoms with E-state index in [1.807, 2.05) is 27.7 Å². The summed E-state index contributed by atoms with van der Waals surface area (Å²) in [5, 5.41) is 9.38. The largest absolute Gasteiger partial charge is 0.392 e. The first kappa shape index (κ1) is 17.9. The lowest BCUT2D eigenvalue weighted by Crippen LogP contribution is -2.45. The van der Waals surface area contributed by atoms with Crippen LogP contribution in [0.25, 0.3) is 0 Å². The molecule has 0 spiro atoms. The molecule has 0 saturated heterocycles. The molecule has 1 N–H and O–H groups in total. The van der Waals surface area contributed by atoms with Gasteiger partial charge in [-0.3, -0.25) is 0 Å². The lowest BCUT2D eigenvalue weighted by atomic mass is 10.1. The molecule has 0 aliphatic heterocycles. The SMILES string of the molecule is C=CCN(C(C)(C)C)S(=O)(=O)c1cc(CO)c(C)cc1C. The van der Waals surface area contributed by atoms with E-state index in [-0.39, 0.29) is 18.0 Å². The van der Waals surface area contributed by atoms with Gasteiger partial charge in [0.1, 0.15) is 0 Å². The molecule has 5 heteroatoms. The van der Waals surface area contributed by atoms with E-state index in [1.165, 1.54) is 4.31 Å². The van der Waals surface area contributed by atoms with Crippen LogP contribution in [-0.4, -0.2) is 29.9 Å². The van der Waals surface area contributed by atoms with Gasteiger partial charge in [-0.1, -0.05) is 12.1 Å². The molecule has 0 unspecified atom stereocenters. The average Bonchev–Trinajstić information content (AvgIpc) is 2.34. The molecule has 0 fully saturated rings. The Hall–Kier alpha value is -1.17. The predicted molar refractivity (Wildman–Crippen MR) is 85.7 cm³/mol. The summed E-state index contributed by atoms with van der Waals surface area (Å²) in [7, 11) is -3.65. The minimum absolute atomic E-state index is 0.175. The van der Waals surface area contributed by atoms with Gasteiger partial charge in [-0.25, -0.2) is 8.42 Å². The van der Waals surface area contributed by atoms with Gasteiger partial charge in [0.2, 0.25) is 10.0 Å². The number of aliphatic hydroxyl groups is 1. The molecule has 0 aromatic heterocycles. The van der Waals surface area contributed by atoms with Crippen molar-refractivity contribution in [3.8, 4) is 0 Å². The normalized spacial score (nSPS) is 12.7. The number of nitrogens with zero attached hydrogens (tertiary/aromatic N) is 1. The maximum Gasteiger partial charge on any atom is 0.244 e. The molecule has 0 atom stereocenters. The molecule has 1 aromatic carbocycles. The minimum Gasteiger partial charge on any atom is -0.392 e. The molecule has 0 heterocycles. The Labute approximate surface area is 128 Å². The van der Waals surface area contributed by atoms with Crippen molar-refractivity contribution in [2.45, 2.75) is 51.7 Å². The number of hydrogen-bond acceptors (Lipinski definition) is 3. The Morgan fingerprint density at radius 2 is 1.81 bits per heavy atom. The fourth-order valence-corrected chi connectivity index (χ4v) is 4.31. The predicted octanol–water partition coefficient (Wildman–Crippen LogP) is 2.77. The lowest BCUT2D eigenvalue weighted by molar-refractivity contribution is 0.269. The van der Waals surface area contributed by atoms with E-state index >= 15 is 0 Å². The zero-order chi connectivity index (χ0) is 16.4. The maximum absolute atomic E-state index is 13.0. The molecule has 0 saturated carbocycles. The molecule has 0 aliphatic carbocycles. The summed E-state index contributed by atoms with van der Waals surface area (Å²) in [5.74, 6) is 0. The monoisotopic (exact) mass is 311 g/mol. The summed E-state index contributed by atoms with van der Waals surface area (Å²) in [6, 6.07) is 3.37. The van der Waals surface area contributed by atoms with Gasteiger partial charge >= 0.3 is 0 Å². The molecule has 1 aromatic rings. The van der Waals surface area contributed by atoms with Crippen molar-refractivity contribution in [3.63, 3.8) is 0 Å². The van der Waals surface area contributed by atoms with Crippen LogP contribution in [0.2, 0.25) is 0 Å². The van der Waals surface area contributed by atoms with Crippen molar-refractivity contribution in [2.24, 2.45) is 0 Å². The lowest BCUT2D eigenvalue weighted by Gasteiger charge is -2.34. The first-order valence-corrected chi connectivity index (χ1v) is 8.34. The summed E-state index contributed by atoms with van der Waals surface area (Å²) in [4.78, 5) is 0.244. The van der Waals surface area contributed by atoms with Crippen LogP contribution in [-0.2, 0) is 16.6 Å². The average molecular weight is 311 g/mol. The van der Waals surface area contributed by atoms with Gasteiger partial charge < -0.3 is 5.11 Å². The summed E-state index contributed by atoms with van der Waals surface area (Å²) in [6.07, 6.45) is 1.58. The van der Waals surface area contributed by atoms with Gasteiger partial charge in [-0.05, 0) is 57.4 Å². The molecule has 4 nitrogen and oxygen atoms in total. The third-order valence-corrected chi connectivity index (χ3v) is 5.69. The number of aryl methyl sites for hydroxylation is 2. The first-order chi connectivity index (χ1) is 9.55. The molecule has 0 aliphatic rings. The Bertz CT molecular complexity index is 628. The second kappa shape index (κ2) is 6.30. The Morgan fingerprint density at radius 3 is 2.24 bits per heavy atom. The third-order valence-electron chi connectivity index (χ3n) is 3.42. The Balaban J connectivity index is 3.52. The number of hydrogen-bond donors (Lipinski definition) is 1. The Kier molecular flexibility index (Phi) is 5.36. The molecular weight excluding hydrogens is 286 g/mol. The van der Waals surface area contributed by atoms with E-state index in [1.54, 1.807) is 25.1 Å². The van der Waals surface area contributed by atoms with Gasteiger partial charge in [-0.15, -0.1) is 6.58 Å². The van der Waals surface area contributed by atoms with E-state index in [0.717, 1.165) is 5.56 Å². The molecule has 21 heavy (non-hydrogen) atoms. The highest BCUT2D eigenvalue weighted by Crippen LogP contribution is 2.28. The van der Waals surface area contributed by atoms with Crippen molar-refractivity contribution in [3.05, 3.63) is 41.5 Å². The van der Waals surface area contributed by atoms with Gasteiger partial charge in [0.25, 0.3) is 0 Å². The Morgan fingerprint density at radius 1 is 1.24 bits per heavy atom. The topological polar surface area (TPSA) is 57.6 Å². The summed E-state index contributed by atoms with van der Waals surface area (Å²) in [5.41, 5.74) is 1.65. The van der Waals surface area contributed by atoms with E-state index < -0.39 is 15.6 Å². The maximum atomic E-state index is 13.0. The highest BCUT2D eigenvalue weighted by molar-refractivity contribution is 7.89. The number of benzene rings is 1. The summed E-state index contributed by atoms with van der Waals surface area (Å²) in [6.45, 7) is 12.9. The van der Waals surface area contributed by atoms with E-state index in [4.69, 9.17) is 0 Å². The summed E-state index contributed by atoms with van der Waals surface area (Å²) < 4.78 is 27.4. The van der Waals surface area contributed by atoms with Gasteiger partial charge in [0, 0.05) is 12.1 Å². The van der Waals surface area contributed by atoms with Crippen molar-refractivity contribution in [1.29, 1.82) is 0 Å². The highest BCUT2D eigenvalue weighted by atomic mass is 32.2. The molecule has 0 radical (unpaired) electrons. The first-order valence-electron chi connectivity index (χ1n) is 6.90. The molecule has 0 bridgehead atoms. The van der Waals surface area contributed by atoms with E-state index in [2.05, 4.69) is 6.58 Å². The van der Waals surface area contributed by atoms with Crippen LogP contribution in [0.15, 0.2) is 29.7 Å². The van der Waals surface area contributed by atoms with Crippen LogP contribution < -0.4 is 0 Å². The van der Waals surface area contributed by atoms with Crippen molar-refractivity contribution in [2.75, 3.05) is 6.54 Å². The minimum atomic E-state index is -3.65. The number of rotatable bonds is 5. The van der Waals surface area contributed by atoms with Crippen LogP contribution in [0, 0.1) is 13.8 Å². The van der Waals surface area contributed by atoms with Crippen molar-refractivity contribution in [1.82, 2.24) is 4.31 Å². The van der Waals surface area contributed by atoms with Crippen molar-refractivity contribution >= 4 is 10.0 Å². The smallest absolute Gasteiger partial charge is 0.244 e. The van der Waals surface area contributed by atoms with E-state index in [9.17, 15) is 13.5 Å². The zero-order valence-corrected chi connectivity index (χ0v) is 14.3. The van der Waals surface area contributed by atoms with Crippen LogP contribution in [0.1, 0.15) is 37.5 Å². The molecule has 1 rings (SSSR count). The number of sulfonamides is 1. The highest BCUT2D eigenvalue weighted by Gasteiger charge is 2.34. The molecule has 118 valence electrons. The van der Waals surface area contributed by atoms with Crippen LogP contribution in [0.5, 0.6) is 0 Å². The quantitative estimate of drug-likeness (QED) is 0.851. The van der Waals surface area contributed by atoms with Crippen LogP contribution in [0.4, 0.5) is 0 Å². The van der Waals surface area contributed by atoms with Crippen molar-refractivity contribution < 1.29 is 13.5 Å². The van der Waals surface area contributed by atoms with Gasteiger partial charge in [0.05, 0.1) is 11.5 Å². The van der Waals surface area contributed by atoms with Crippen LogP contribution >= 0.6 is 0 Å². The molecule has 0 amide bonds. The third kappa shape index (κ3) is 3.73.